The summed E-state index contributed by atoms with van der Waals surface area (Å²) in [5.74, 6) is 1.79. The van der Waals surface area contributed by atoms with Gasteiger partial charge in [0.25, 0.3) is 0 Å². The van der Waals surface area contributed by atoms with Gasteiger partial charge in [0.05, 0.1) is 0 Å². The average molecular weight is 647 g/mol. The highest BCUT2D eigenvalue weighted by Crippen LogP contribution is 2.50. The van der Waals surface area contributed by atoms with Crippen LogP contribution in [0.4, 0.5) is 0 Å². The van der Waals surface area contributed by atoms with Crippen molar-refractivity contribution in [2.75, 3.05) is 0 Å². The second-order valence-corrected chi connectivity index (χ2v) is 13.7. The molecule has 0 N–H and O–H groups in total. The van der Waals surface area contributed by atoms with E-state index < -0.39 is 0 Å². The van der Waals surface area contributed by atoms with E-state index in [4.69, 9.17) is 4.74 Å². The summed E-state index contributed by atoms with van der Waals surface area (Å²) in [5, 5.41) is 10.1. The van der Waals surface area contributed by atoms with Crippen LogP contribution in [-0.4, -0.2) is 0 Å². The molecule has 0 aromatic heterocycles. The topological polar surface area (TPSA) is 9.23 Å². The fourth-order valence-electron chi connectivity index (χ4n) is 8.35. The van der Waals surface area contributed by atoms with E-state index in [2.05, 4.69) is 182 Å². The van der Waals surface area contributed by atoms with Gasteiger partial charge in [0.15, 0.2) is 0 Å². The lowest BCUT2D eigenvalue weighted by atomic mass is 9.86. The fourth-order valence-corrected chi connectivity index (χ4v) is 8.35. The van der Waals surface area contributed by atoms with E-state index in [-0.39, 0.29) is 0 Å². The number of rotatable bonds is 4. The third-order valence-corrected chi connectivity index (χ3v) is 10.7. The first-order valence-corrected chi connectivity index (χ1v) is 17.6. The average Bonchev–Trinajstić information content (AvgIpc) is 3.20. The van der Waals surface area contributed by atoms with E-state index >= 15 is 0 Å². The van der Waals surface area contributed by atoms with Gasteiger partial charge in [0, 0.05) is 10.9 Å². The molecule has 1 heteroatoms. The minimum atomic E-state index is 0.888. The lowest BCUT2D eigenvalue weighted by Gasteiger charge is -2.23. The van der Waals surface area contributed by atoms with E-state index in [1.165, 1.54) is 87.8 Å². The molecule has 236 valence electrons. The third-order valence-electron chi connectivity index (χ3n) is 10.7. The summed E-state index contributed by atoms with van der Waals surface area (Å²) >= 11 is 0. The van der Waals surface area contributed by atoms with Gasteiger partial charge in [0.2, 0.25) is 0 Å². The molecule has 0 spiro atoms. The summed E-state index contributed by atoms with van der Waals surface area (Å²) in [7, 11) is 0. The molecule has 0 radical (unpaired) electrons. The molecule has 0 atom stereocenters. The molecule has 0 unspecified atom stereocenters. The van der Waals surface area contributed by atoms with Crippen molar-refractivity contribution in [1.29, 1.82) is 0 Å². The van der Waals surface area contributed by atoms with Crippen LogP contribution in [0.3, 0.4) is 0 Å². The molecule has 0 saturated carbocycles. The van der Waals surface area contributed by atoms with Crippen molar-refractivity contribution in [3.63, 3.8) is 0 Å². The Balaban J connectivity index is 1.16. The van der Waals surface area contributed by atoms with Crippen molar-refractivity contribution in [2.45, 2.75) is 0 Å². The Labute approximate surface area is 296 Å². The van der Waals surface area contributed by atoms with Crippen LogP contribution in [0.1, 0.15) is 0 Å². The van der Waals surface area contributed by atoms with Gasteiger partial charge in [-0.3, -0.25) is 0 Å². The SMILES string of the molecule is c1ccc(-c2cc(-c3cc4c5c(cccc5c3)Oc3ccc(-c5ccccc5)cc3-4)cc(-c3ccc4ccc5cccc6ccc3c4c56)c2)cc1. The first-order chi connectivity index (χ1) is 25.2. The number of hydrogen-bond donors (Lipinski definition) is 0. The number of benzene rings is 10. The maximum Gasteiger partial charge on any atom is 0.135 e. The van der Waals surface area contributed by atoms with Crippen molar-refractivity contribution >= 4 is 43.1 Å². The molecule has 1 aliphatic rings. The number of ether oxygens (including phenoxy) is 1. The molecule has 0 aliphatic carbocycles. The van der Waals surface area contributed by atoms with Crippen molar-refractivity contribution in [3.8, 4) is 67.1 Å². The van der Waals surface area contributed by atoms with Gasteiger partial charge in [-0.15, -0.1) is 0 Å². The zero-order chi connectivity index (χ0) is 33.5. The molecule has 1 nitrogen and oxygen atoms in total. The Kier molecular flexibility index (Phi) is 6.02. The quantitative estimate of drug-likeness (QED) is 0.173. The maximum absolute atomic E-state index is 6.53. The second-order valence-electron chi connectivity index (χ2n) is 13.7. The Morgan fingerprint density at radius 2 is 0.843 bits per heavy atom. The number of hydrogen-bond acceptors (Lipinski definition) is 1. The van der Waals surface area contributed by atoms with E-state index in [1.807, 2.05) is 0 Å². The highest BCUT2D eigenvalue weighted by molar-refractivity contribution is 6.25. The smallest absolute Gasteiger partial charge is 0.135 e. The predicted molar refractivity (Wildman–Crippen MR) is 215 cm³/mol. The molecule has 0 bridgehead atoms. The summed E-state index contributed by atoms with van der Waals surface area (Å²) in [6.07, 6.45) is 0. The van der Waals surface area contributed by atoms with Crippen LogP contribution in [0.15, 0.2) is 182 Å². The van der Waals surface area contributed by atoms with Gasteiger partial charge in [-0.05, 0) is 136 Å². The molecular formula is C50H30O. The Hall–Kier alpha value is -6.70. The Bertz CT molecular complexity index is 2960. The molecule has 1 aliphatic heterocycles. The largest absolute Gasteiger partial charge is 0.456 e. The maximum atomic E-state index is 6.53. The summed E-state index contributed by atoms with van der Waals surface area (Å²) < 4.78 is 6.53. The predicted octanol–water partition coefficient (Wildman–Crippen LogP) is 14.2. The van der Waals surface area contributed by atoms with Gasteiger partial charge >= 0.3 is 0 Å². The monoisotopic (exact) mass is 646 g/mol. The van der Waals surface area contributed by atoms with Crippen molar-refractivity contribution < 1.29 is 4.74 Å². The number of fused-ring (bicyclic) bond motifs is 2. The molecule has 0 fully saturated rings. The second kappa shape index (κ2) is 10.9. The first kappa shape index (κ1) is 28.2. The standard InChI is InChI=1S/C50H30O/c1-3-9-31(10-4-1)36-21-24-46-44(29-36)45-30-40(25-37-15-8-16-47(51-46)49(37)45)39-26-38(32-11-5-2-6-12-32)27-41(28-39)42-22-19-35-18-17-33-13-7-14-34-20-23-43(42)50(35)48(33)34/h1-30H. The normalized spacial score (nSPS) is 12.1. The summed E-state index contributed by atoms with van der Waals surface area (Å²) in [5.41, 5.74) is 11.9. The third kappa shape index (κ3) is 4.42. The zero-order valence-corrected chi connectivity index (χ0v) is 27.7. The van der Waals surface area contributed by atoms with Crippen LogP contribution in [-0.2, 0) is 0 Å². The molecular weight excluding hydrogens is 617 g/mol. The van der Waals surface area contributed by atoms with Gasteiger partial charge in [0.1, 0.15) is 11.5 Å². The molecule has 10 aromatic carbocycles. The summed E-state index contributed by atoms with van der Waals surface area (Å²) in [4.78, 5) is 0. The van der Waals surface area contributed by atoms with Crippen molar-refractivity contribution in [1.82, 2.24) is 0 Å². The molecule has 11 rings (SSSR count). The molecule has 0 saturated heterocycles. The molecule has 10 aromatic rings. The van der Waals surface area contributed by atoms with E-state index in [0.29, 0.717) is 0 Å². The summed E-state index contributed by atoms with van der Waals surface area (Å²) in [6.45, 7) is 0. The van der Waals surface area contributed by atoms with Crippen LogP contribution in [0.25, 0.3) is 98.7 Å². The van der Waals surface area contributed by atoms with Crippen LogP contribution in [0.5, 0.6) is 11.5 Å². The van der Waals surface area contributed by atoms with Crippen LogP contribution in [0, 0.1) is 0 Å². The Morgan fingerprint density at radius 3 is 1.63 bits per heavy atom. The lowest BCUT2D eigenvalue weighted by Crippen LogP contribution is -1.98. The van der Waals surface area contributed by atoms with E-state index in [1.54, 1.807) is 0 Å². The lowest BCUT2D eigenvalue weighted by molar-refractivity contribution is 0.487. The molecule has 51 heavy (non-hydrogen) atoms. The minimum absolute atomic E-state index is 0.888. The van der Waals surface area contributed by atoms with Gasteiger partial charge in [-0.1, -0.05) is 133 Å². The molecule has 1 heterocycles. The minimum Gasteiger partial charge on any atom is -0.456 e. The highest BCUT2D eigenvalue weighted by atomic mass is 16.5. The summed E-state index contributed by atoms with van der Waals surface area (Å²) in [6, 6.07) is 66.5. The van der Waals surface area contributed by atoms with Crippen molar-refractivity contribution in [2.24, 2.45) is 0 Å². The van der Waals surface area contributed by atoms with Crippen LogP contribution >= 0.6 is 0 Å². The highest BCUT2D eigenvalue weighted by Gasteiger charge is 2.22. The van der Waals surface area contributed by atoms with Gasteiger partial charge < -0.3 is 4.74 Å². The van der Waals surface area contributed by atoms with Crippen molar-refractivity contribution in [3.05, 3.63) is 182 Å². The van der Waals surface area contributed by atoms with E-state index in [9.17, 15) is 0 Å². The molecule has 0 amide bonds. The van der Waals surface area contributed by atoms with Crippen LogP contribution in [0.2, 0.25) is 0 Å². The van der Waals surface area contributed by atoms with Gasteiger partial charge in [-0.2, -0.15) is 0 Å². The van der Waals surface area contributed by atoms with Crippen LogP contribution < -0.4 is 4.74 Å². The zero-order valence-electron chi connectivity index (χ0n) is 27.7. The van der Waals surface area contributed by atoms with E-state index in [0.717, 1.165) is 22.4 Å². The first-order valence-electron chi connectivity index (χ1n) is 17.6. The fraction of sp³-hybridized carbons (Fsp3) is 0. The van der Waals surface area contributed by atoms with Gasteiger partial charge in [-0.25, -0.2) is 0 Å². The Morgan fingerprint density at radius 1 is 0.255 bits per heavy atom.